The van der Waals surface area contributed by atoms with Crippen molar-refractivity contribution in [3.8, 4) is 0 Å². The molecule has 0 rings (SSSR count). The van der Waals surface area contributed by atoms with Gasteiger partial charge in [-0.3, -0.25) is 14.4 Å². The Morgan fingerprint density at radius 1 is 0.267 bits per heavy atom. The van der Waals surface area contributed by atoms with Crippen molar-refractivity contribution in [3.05, 3.63) is 170 Å². The van der Waals surface area contributed by atoms with Gasteiger partial charge in [0.15, 0.2) is 6.10 Å². The van der Waals surface area contributed by atoms with Gasteiger partial charge in [-0.15, -0.1) is 0 Å². The second kappa shape index (κ2) is 61.3. The minimum atomic E-state index is -0.819. The normalized spacial score (nSPS) is 13.4. The summed E-state index contributed by atoms with van der Waals surface area (Å²) in [6.07, 6.45) is 90.7. The van der Waals surface area contributed by atoms with E-state index in [1.54, 1.807) is 0 Å². The average molecular weight is 1030 g/mol. The molecule has 1 unspecified atom stereocenters. The number of hydrogen-bond acceptors (Lipinski definition) is 6. The van der Waals surface area contributed by atoms with E-state index in [1.807, 2.05) is 0 Å². The SMILES string of the molecule is CC/C=C\C/C=C\C/C=C\C/C=C\C/C=C\C/C=C\C/C=C\C/C=C\CCCCCCC(=O)OCC(COC(=O)CCCCC/C=C\C/C=C\C/C=C\CC)OC(=O)CCCCCCC/C=C\C/C=C\C/C=C\CC. The zero-order valence-corrected chi connectivity index (χ0v) is 47.7. The summed E-state index contributed by atoms with van der Waals surface area (Å²) in [6.45, 7) is 6.21. The standard InChI is InChI=1S/C69H106O6/c1-4-7-10-13-16-19-22-25-27-28-29-30-31-32-33-34-35-36-37-38-39-40-42-44-47-50-53-56-59-62-68(71)74-65-66(64-73-67(70)61-58-55-52-49-46-43-24-21-18-15-12-9-6-3)75-69(72)63-60-57-54-51-48-45-41-26-23-20-17-14-11-8-5-2/h7-12,16-21,25-27,29-30,32-33,35-36,38-39,41-44,46,66H,4-6,13-15,22-24,28,31,34,37,40,45,47-65H2,1-3H3/b10-7-,11-8-,12-9-,19-16-,20-17-,21-18-,27-25-,30-29-,33-32-,36-35-,39-38-,41-26-,44-42-,46-43-. The van der Waals surface area contributed by atoms with E-state index < -0.39 is 6.10 Å². The number of esters is 3. The van der Waals surface area contributed by atoms with Gasteiger partial charge in [0.2, 0.25) is 0 Å². The van der Waals surface area contributed by atoms with Gasteiger partial charge in [-0.1, -0.05) is 229 Å². The first kappa shape index (κ1) is 69.8. The molecule has 0 N–H and O–H groups in total. The summed E-state index contributed by atoms with van der Waals surface area (Å²) in [4.78, 5) is 38.2. The number of rotatable bonds is 51. The van der Waals surface area contributed by atoms with Crippen LogP contribution in [0.4, 0.5) is 0 Å². The van der Waals surface area contributed by atoms with E-state index in [0.717, 1.165) is 186 Å². The van der Waals surface area contributed by atoms with Crippen molar-refractivity contribution in [2.45, 2.75) is 232 Å². The van der Waals surface area contributed by atoms with Crippen LogP contribution >= 0.6 is 0 Å². The first-order valence-electron chi connectivity index (χ1n) is 29.6. The maximum atomic E-state index is 12.8. The second-order valence-corrected chi connectivity index (χ2v) is 18.8. The van der Waals surface area contributed by atoms with E-state index in [1.165, 1.54) is 0 Å². The molecule has 6 nitrogen and oxygen atoms in total. The Labute approximate surface area is 460 Å². The summed E-state index contributed by atoms with van der Waals surface area (Å²) < 4.78 is 16.8. The maximum Gasteiger partial charge on any atom is 0.306 e. The van der Waals surface area contributed by atoms with Crippen LogP contribution in [0, 0.1) is 0 Å². The second-order valence-electron chi connectivity index (χ2n) is 18.8. The quantitative estimate of drug-likeness (QED) is 0.0261. The number of hydrogen-bond donors (Lipinski definition) is 0. The predicted octanol–water partition coefficient (Wildman–Crippen LogP) is 20.3. The summed E-state index contributed by atoms with van der Waals surface area (Å²) in [5, 5.41) is 0. The van der Waals surface area contributed by atoms with Crippen molar-refractivity contribution in [1.29, 1.82) is 0 Å². The van der Waals surface area contributed by atoms with Crippen molar-refractivity contribution in [2.24, 2.45) is 0 Å². The molecule has 0 fully saturated rings. The summed E-state index contributed by atoms with van der Waals surface area (Å²) in [6, 6.07) is 0. The first-order valence-corrected chi connectivity index (χ1v) is 29.6. The van der Waals surface area contributed by atoms with Crippen molar-refractivity contribution >= 4 is 17.9 Å². The highest BCUT2D eigenvalue weighted by Crippen LogP contribution is 2.12. The van der Waals surface area contributed by atoms with E-state index in [-0.39, 0.29) is 37.5 Å². The molecule has 0 spiro atoms. The van der Waals surface area contributed by atoms with Gasteiger partial charge in [0.25, 0.3) is 0 Å². The molecule has 0 aromatic heterocycles. The maximum absolute atomic E-state index is 12.8. The molecular formula is C69H106O6. The largest absolute Gasteiger partial charge is 0.462 e. The molecule has 75 heavy (non-hydrogen) atoms. The molecule has 0 aliphatic carbocycles. The highest BCUT2D eigenvalue weighted by molar-refractivity contribution is 5.71. The molecule has 6 heteroatoms. The molecule has 0 aromatic rings. The Balaban J connectivity index is 4.43. The lowest BCUT2D eigenvalue weighted by Crippen LogP contribution is -2.30. The van der Waals surface area contributed by atoms with Crippen molar-refractivity contribution < 1.29 is 28.6 Å². The Morgan fingerprint density at radius 2 is 0.480 bits per heavy atom. The predicted molar refractivity (Wildman–Crippen MR) is 325 cm³/mol. The third kappa shape index (κ3) is 59.5. The highest BCUT2D eigenvalue weighted by atomic mass is 16.6. The van der Waals surface area contributed by atoms with Crippen LogP contribution in [-0.4, -0.2) is 37.2 Å². The van der Waals surface area contributed by atoms with Crippen molar-refractivity contribution in [1.82, 2.24) is 0 Å². The van der Waals surface area contributed by atoms with E-state index in [4.69, 9.17) is 14.2 Å². The van der Waals surface area contributed by atoms with Gasteiger partial charge in [-0.05, 0) is 148 Å². The highest BCUT2D eigenvalue weighted by Gasteiger charge is 2.19. The molecule has 0 saturated carbocycles. The summed E-state index contributed by atoms with van der Waals surface area (Å²) in [5.74, 6) is -0.996. The fourth-order valence-corrected chi connectivity index (χ4v) is 7.37. The van der Waals surface area contributed by atoms with Crippen LogP contribution in [0.15, 0.2) is 170 Å². The van der Waals surface area contributed by atoms with Crippen LogP contribution in [0.2, 0.25) is 0 Å². The minimum Gasteiger partial charge on any atom is -0.462 e. The van der Waals surface area contributed by atoms with Gasteiger partial charge < -0.3 is 14.2 Å². The first-order chi connectivity index (χ1) is 37.0. The zero-order chi connectivity index (χ0) is 54.3. The van der Waals surface area contributed by atoms with Gasteiger partial charge >= 0.3 is 17.9 Å². The average Bonchev–Trinajstić information content (AvgIpc) is 3.41. The van der Waals surface area contributed by atoms with Crippen molar-refractivity contribution in [2.75, 3.05) is 13.2 Å². The Bertz CT molecular complexity index is 1750. The smallest absolute Gasteiger partial charge is 0.306 e. The molecule has 0 amide bonds. The lowest BCUT2D eigenvalue weighted by Gasteiger charge is -2.18. The molecule has 0 saturated heterocycles. The van der Waals surface area contributed by atoms with Gasteiger partial charge in [0, 0.05) is 19.3 Å². The fourth-order valence-electron chi connectivity index (χ4n) is 7.37. The third-order valence-electron chi connectivity index (χ3n) is 11.7. The number of unbranched alkanes of at least 4 members (excludes halogenated alkanes) is 12. The molecule has 0 aliphatic rings. The molecule has 0 radical (unpaired) electrons. The van der Waals surface area contributed by atoms with E-state index in [9.17, 15) is 14.4 Å². The topological polar surface area (TPSA) is 78.9 Å². The molecule has 0 aromatic carbocycles. The van der Waals surface area contributed by atoms with Crippen molar-refractivity contribution in [3.63, 3.8) is 0 Å². The minimum absolute atomic E-state index is 0.116. The monoisotopic (exact) mass is 1030 g/mol. The molecule has 1 atom stereocenters. The van der Waals surface area contributed by atoms with Crippen LogP contribution in [0.1, 0.15) is 226 Å². The zero-order valence-electron chi connectivity index (χ0n) is 47.7. The van der Waals surface area contributed by atoms with E-state index >= 15 is 0 Å². The number of allylic oxidation sites excluding steroid dienone is 28. The van der Waals surface area contributed by atoms with Crippen LogP contribution in [0.25, 0.3) is 0 Å². The number of carbonyl (C=O) groups excluding carboxylic acids is 3. The van der Waals surface area contributed by atoms with Gasteiger partial charge in [0.1, 0.15) is 13.2 Å². The Kier molecular flexibility index (Phi) is 57.0. The summed E-state index contributed by atoms with van der Waals surface area (Å²) >= 11 is 0. The third-order valence-corrected chi connectivity index (χ3v) is 11.7. The molecule has 0 bridgehead atoms. The van der Waals surface area contributed by atoms with Gasteiger partial charge in [0.05, 0.1) is 0 Å². The summed E-state index contributed by atoms with van der Waals surface area (Å²) in [7, 11) is 0. The van der Waals surface area contributed by atoms with Crippen LogP contribution in [0.5, 0.6) is 0 Å². The van der Waals surface area contributed by atoms with E-state index in [2.05, 4.69) is 191 Å². The summed E-state index contributed by atoms with van der Waals surface area (Å²) in [5.41, 5.74) is 0. The fraction of sp³-hybridized carbons (Fsp3) is 0.551. The van der Waals surface area contributed by atoms with Crippen LogP contribution in [0.3, 0.4) is 0 Å². The molecule has 0 heterocycles. The Hall–Kier alpha value is -5.23. The van der Waals surface area contributed by atoms with E-state index in [0.29, 0.717) is 12.8 Å². The lowest BCUT2D eigenvalue weighted by atomic mass is 10.1. The molecular weight excluding hydrogens is 925 g/mol. The number of carbonyl (C=O) groups is 3. The van der Waals surface area contributed by atoms with Crippen LogP contribution < -0.4 is 0 Å². The van der Waals surface area contributed by atoms with Gasteiger partial charge in [-0.2, -0.15) is 0 Å². The lowest BCUT2D eigenvalue weighted by molar-refractivity contribution is -0.167. The van der Waals surface area contributed by atoms with Gasteiger partial charge in [-0.25, -0.2) is 0 Å². The molecule has 0 aliphatic heterocycles. The Morgan fingerprint density at radius 3 is 0.760 bits per heavy atom. The molecule has 418 valence electrons. The van der Waals surface area contributed by atoms with Crippen LogP contribution in [-0.2, 0) is 28.6 Å². The number of ether oxygens (including phenoxy) is 3.